The van der Waals surface area contributed by atoms with Gasteiger partial charge in [-0.15, -0.1) is 0 Å². The molecule has 0 saturated heterocycles. The molecular weight excluding hydrogens is 392 g/mol. The summed E-state index contributed by atoms with van der Waals surface area (Å²) in [6.45, 7) is 2.14. The van der Waals surface area contributed by atoms with E-state index in [0.717, 1.165) is 5.69 Å². The van der Waals surface area contributed by atoms with Gasteiger partial charge in [0.1, 0.15) is 18.5 Å². The molecule has 3 aliphatic rings. The van der Waals surface area contributed by atoms with Crippen LogP contribution < -0.4 is 20.4 Å². The number of rotatable bonds is 2. The molecule has 4 aromatic carbocycles. The summed E-state index contributed by atoms with van der Waals surface area (Å²) in [5.74, 6) is 0. The van der Waals surface area contributed by atoms with Crippen molar-refractivity contribution in [2.24, 2.45) is 0 Å². The molecule has 32 heavy (non-hydrogen) atoms. The molecule has 4 aromatic rings. The largest absolute Gasteiger partial charge is 0.361 e. The zero-order valence-corrected chi connectivity index (χ0v) is 17.9. The van der Waals surface area contributed by atoms with Gasteiger partial charge >= 0.3 is 0 Å². The molecule has 3 atom stereocenters. The highest BCUT2D eigenvalue weighted by atomic mass is 15.5. The minimum absolute atomic E-state index is 0.0162. The topological polar surface area (TPSA) is 30.5 Å². The first-order valence-electron chi connectivity index (χ1n) is 11.2. The molecule has 4 bridgehead atoms. The van der Waals surface area contributed by atoms with Crippen molar-refractivity contribution in [1.82, 2.24) is 0 Å². The van der Waals surface area contributed by atoms with Gasteiger partial charge in [-0.25, -0.2) is 0 Å². The Morgan fingerprint density at radius 1 is 0.688 bits per heavy atom. The van der Waals surface area contributed by atoms with Gasteiger partial charge in [0.25, 0.3) is 0 Å². The summed E-state index contributed by atoms with van der Waals surface area (Å²) in [7, 11) is 0. The monoisotopic (exact) mass is 416 g/mol. The van der Waals surface area contributed by atoms with E-state index in [1.54, 1.807) is 0 Å². The summed E-state index contributed by atoms with van der Waals surface area (Å²) in [6.07, 6.45) is 0.232. The number of benzene rings is 4. The predicted octanol–water partition coefficient (Wildman–Crippen LogP) is 6.57. The van der Waals surface area contributed by atoms with Gasteiger partial charge < -0.3 is 20.4 Å². The number of hydrogen-bond donors (Lipinski definition) is 2. The van der Waals surface area contributed by atoms with E-state index in [-0.39, 0.29) is 18.5 Å². The quantitative estimate of drug-likeness (QED) is 0.387. The van der Waals surface area contributed by atoms with Gasteiger partial charge in [-0.3, -0.25) is 0 Å². The van der Waals surface area contributed by atoms with Gasteiger partial charge in [-0.2, -0.15) is 0 Å². The summed E-state index contributed by atoms with van der Waals surface area (Å²) in [5.41, 5.74) is 10.1. The molecule has 3 aliphatic heterocycles. The summed E-state index contributed by atoms with van der Waals surface area (Å²) in [5, 5.41) is 7.72. The number of hydrogen-bond acceptors (Lipinski definition) is 4. The molecule has 0 saturated carbocycles. The molecule has 2 N–H and O–H groups in total. The van der Waals surface area contributed by atoms with Crippen LogP contribution in [0.1, 0.15) is 40.8 Å². The second-order valence-electron chi connectivity index (χ2n) is 8.86. The summed E-state index contributed by atoms with van der Waals surface area (Å²) in [6, 6.07) is 35.0. The number of nitrogens with zero attached hydrogens (tertiary/aromatic N) is 2. The Balaban J connectivity index is 1.50. The van der Waals surface area contributed by atoms with Crippen molar-refractivity contribution >= 4 is 22.7 Å². The lowest BCUT2D eigenvalue weighted by atomic mass is 9.88. The smallest absolute Gasteiger partial charge is 0.134 e. The normalized spacial score (nSPS) is 21.7. The molecule has 0 aromatic heterocycles. The maximum absolute atomic E-state index is 3.89. The van der Waals surface area contributed by atoms with E-state index in [4.69, 9.17) is 0 Å². The van der Waals surface area contributed by atoms with Gasteiger partial charge in [-0.1, -0.05) is 66.7 Å². The van der Waals surface area contributed by atoms with Crippen molar-refractivity contribution in [3.05, 3.63) is 119 Å². The molecule has 0 radical (unpaired) electrons. The summed E-state index contributed by atoms with van der Waals surface area (Å²) in [4.78, 5) is 5.12. The number of anilines is 4. The van der Waals surface area contributed by atoms with Gasteiger partial charge in [0.15, 0.2) is 0 Å². The third kappa shape index (κ3) is 2.38. The minimum atomic E-state index is 0.0162. The van der Waals surface area contributed by atoms with E-state index in [0.29, 0.717) is 0 Å². The second-order valence-corrected chi connectivity index (χ2v) is 8.86. The lowest BCUT2D eigenvalue weighted by Crippen LogP contribution is -2.58. The Labute approximate surface area is 188 Å². The first-order valence-corrected chi connectivity index (χ1v) is 11.2. The van der Waals surface area contributed by atoms with Crippen LogP contribution in [-0.2, 0) is 0 Å². The maximum Gasteiger partial charge on any atom is 0.134 e. The number of aryl methyl sites for hydroxylation is 1. The van der Waals surface area contributed by atoms with Crippen LogP contribution in [0, 0.1) is 6.92 Å². The zero-order valence-electron chi connectivity index (χ0n) is 17.9. The van der Waals surface area contributed by atoms with Gasteiger partial charge in [-0.05, 0) is 42.8 Å². The minimum Gasteiger partial charge on any atom is -0.361 e. The van der Waals surface area contributed by atoms with Crippen LogP contribution >= 0.6 is 0 Å². The van der Waals surface area contributed by atoms with Crippen LogP contribution in [0.2, 0.25) is 0 Å². The molecule has 156 valence electrons. The van der Waals surface area contributed by atoms with Gasteiger partial charge in [0.2, 0.25) is 0 Å². The first kappa shape index (κ1) is 17.7. The molecule has 7 rings (SSSR count). The van der Waals surface area contributed by atoms with Crippen LogP contribution in [0.4, 0.5) is 22.7 Å². The number of para-hydroxylation sites is 3. The fourth-order valence-electron chi connectivity index (χ4n) is 5.65. The number of fused-ring (bicyclic) bond motifs is 5. The average Bonchev–Trinajstić information content (AvgIpc) is 2.83. The lowest BCUT2D eigenvalue weighted by Gasteiger charge is -2.60. The van der Waals surface area contributed by atoms with Crippen LogP contribution in [0.3, 0.4) is 0 Å². The van der Waals surface area contributed by atoms with E-state index >= 15 is 0 Å². The molecule has 0 aliphatic carbocycles. The Morgan fingerprint density at radius 3 is 2.19 bits per heavy atom. The van der Waals surface area contributed by atoms with Crippen LogP contribution in [0.5, 0.6) is 0 Å². The Hall–Kier alpha value is -3.92. The second kappa shape index (κ2) is 6.54. The molecule has 0 fully saturated rings. The van der Waals surface area contributed by atoms with Crippen molar-refractivity contribution in [3.8, 4) is 0 Å². The average molecular weight is 417 g/mol. The number of nitrogens with one attached hydrogen (secondary N) is 2. The van der Waals surface area contributed by atoms with Gasteiger partial charge in [0, 0.05) is 39.4 Å². The van der Waals surface area contributed by atoms with Crippen LogP contribution in [0.25, 0.3) is 0 Å². The highest BCUT2D eigenvalue weighted by Crippen LogP contribution is 2.58. The van der Waals surface area contributed by atoms with E-state index in [2.05, 4.69) is 124 Å². The zero-order chi connectivity index (χ0) is 21.2. The highest BCUT2D eigenvalue weighted by molar-refractivity contribution is 5.79. The van der Waals surface area contributed by atoms with Gasteiger partial charge in [0.05, 0.1) is 0 Å². The third-order valence-corrected chi connectivity index (χ3v) is 6.95. The van der Waals surface area contributed by atoms with Crippen molar-refractivity contribution < 1.29 is 0 Å². The standard InChI is InChI=1S/C28H24N4/c1-18-9-8-10-19(17-18)29-26-21-12-3-6-15-24(21)32-27-22-13-4-7-16-25(22)31(26)28(32)20-11-2-5-14-23(20)30-27/h2-17,26-30H,1H3/t26-,27+,28-/m0/s1. The Morgan fingerprint density at radius 2 is 1.38 bits per heavy atom. The maximum atomic E-state index is 3.89. The van der Waals surface area contributed by atoms with Crippen LogP contribution in [-0.4, -0.2) is 0 Å². The van der Waals surface area contributed by atoms with Crippen molar-refractivity contribution in [2.75, 3.05) is 20.4 Å². The molecular formula is C28H24N4. The van der Waals surface area contributed by atoms with Crippen molar-refractivity contribution in [3.63, 3.8) is 0 Å². The lowest BCUT2D eigenvalue weighted by molar-refractivity contribution is 0.432. The molecule has 3 heterocycles. The fourth-order valence-corrected chi connectivity index (χ4v) is 5.65. The Kier molecular flexibility index (Phi) is 3.62. The van der Waals surface area contributed by atoms with E-state index < -0.39 is 0 Å². The highest BCUT2D eigenvalue weighted by Gasteiger charge is 2.50. The first-order chi connectivity index (χ1) is 15.8. The van der Waals surface area contributed by atoms with Crippen LogP contribution in [0.15, 0.2) is 97.1 Å². The van der Waals surface area contributed by atoms with Crippen molar-refractivity contribution in [2.45, 2.75) is 25.4 Å². The molecule has 4 nitrogen and oxygen atoms in total. The van der Waals surface area contributed by atoms with E-state index in [1.165, 1.54) is 39.3 Å². The van der Waals surface area contributed by atoms with E-state index in [9.17, 15) is 0 Å². The SMILES string of the molecule is Cc1cccc(N[C@@H]2c3ccccc3N3[C@H]4c5ccccc5N[C@H]3c3ccccc3N42)c1. The molecule has 0 unspecified atom stereocenters. The molecule has 4 heteroatoms. The molecule has 0 spiro atoms. The summed E-state index contributed by atoms with van der Waals surface area (Å²) >= 11 is 0. The summed E-state index contributed by atoms with van der Waals surface area (Å²) < 4.78 is 0. The van der Waals surface area contributed by atoms with Crippen molar-refractivity contribution in [1.29, 1.82) is 0 Å². The predicted molar refractivity (Wildman–Crippen MR) is 131 cm³/mol. The third-order valence-electron chi connectivity index (χ3n) is 6.95. The Bertz CT molecular complexity index is 1350. The molecule has 0 amide bonds. The van der Waals surface area contributed by atoms with E-state index in [1.807, 2.05) is 0 Å². The fraction of sp³-hybridized carbons (Fsp3) is 0.143.